The van der Waals surface area contributed by atoms with Crippen molar-refractivity contribution in [2.24, 2.45) is 0 Å². The van der Waals surface area contributed by atoms with Gasteiger partial charge in [0.25, 0.3) is 5.91 Å². The zero-order chi connectivity index (χ0) is 15.4. The molecule has 0 aliphatic heterocycles. The summed E-state index contributed by atoms with van der Waals surface area (Å²) in [4.78, 5) is 15.8. The first-order chi connectivity index (χ1) is 9.99. The normalized spacial score (nSPS) is 10.9. The Bertz CT molecular complexity index is 694. The summed E-state index contributed by atoms with van der Waals surface area (Å²) in [5, 5.41) is 10.1. The maximum Gasteiger partial charge on any atom is 0.251 e. The van der Waals surface area contributed by atoms with Crippen LogP contribution in [0.15, 0.2) is 18.3 Å². The van der Waals surface area contributed by atoms with E-state index in [1.807, 2.05) is 18.4 Å². The third-order valence-electron chi connectivity index (χ3n) is 2.92. The lowest BCUT2D eigenvalue weighted by molar-refractivity contribution is 0.0954. The summed E-state index contributed by atoms with van der Waals surface area (Å²) < 4.78 is 2.53. The molecule has 2 N–H and O–H groups in total. The number of rotatable bonds is 5. The van der Waals surface area contributed by atoms with Crippen molar-refractivity contribution in [3.63, 3.8) is 0 Å². The van der Waals surface area contributed by atoms with Crippen LogP contribution >= 0.6 is 23.8 Å². The number of pyridine rings is 1. The lowest BCUT2D eigenvalue weighted by atomic mass is 10.2. The first kappa shape index (κ1) is 15.7. The summed E-state index contributed by atoms with van der Waals surface area (Å²) in [6.07, 6.45) is 2.09. The quantitative estimate of drug-likeness (QED) is 0.654. The molecular weight excluding hydrogens is 310 g/mol. The average molecular weight is 326 g/mol. The van der Waals surface area contributed by atoms with Crippen LogP contribution in [0.2, 0.25) is 5.15 Å². The van der Waals surface area contributed by atoms with E-state index in [2.05, 4.69) is 20.5 Å². The Hall–Kier alpha value is -1.73. The highest BCUT2D eigenvalue weighted by Crippen LogP contribution is 2.09. The monoisotopic (exact) mass is 325 g/mol. The van der Waals surface area contributed by atoms with Gasteiger partial charge in [-0.05, 0) is 38.2 Å². The second-order valence-electron chi connectivity index (χ2n) is 4.78. The lowest BCUT2D eigenvalue weighted by Gasteiger charge is -2.10. The lowest BCUT2D eigenvalue weighted by Crippen LogP contribution is -2.26. The number of hydrogen-bond donors (Lipinski definition) is 2. The maximum absolute atomic E-state index is 12.0. The van der Waals surface area contributed by atoms with Gasteiger partial charge in [0.15, 0.2) is 4.77 Å². The van der Waals surface area contributed by atoms with Gasteiger partial charge in [-0.15, -0.1) is 0 Å². The molecule has 2 heterocycles. The van der Waals surface area contributed by atoms with E-state index >= 15 is 0 Å². The molecule has 6 nitrogen and oxygen atoms in total. The summed E-state index contributed by atoms with van der Waals surface area (Å²) in [6.45, 7) is 4.53. The molecule has 0 spiro atoms. The van der Waals surface area contributed by atoms with E-state index in [1.165, 1.54) is 12.3 Å². The Kier molecular flexibility index (Phi) is 5.08. The van der Waals surface area contributed by atoms with Gasteiger partial charge < -0.3 is 9.88 Å². The SMILES string of the molecule is CC(C)n1c(CCNC(=O)c2ccnc(Cl)c2)n[nH]c1=S. The van der Waals surface area contributed by atoms with Crippen LogP contribution in [0.1, 0.15) is 36.1 Å². The number of carbonyl (C=O) groups is 1. The minimum absolute atomic E-state index is 0.190. The van der Waals surface area contributed by atoms with Gasteiger partial charge in [0.05, 0.1) is 0 Å². The first-order valence-corrected chi connectivity index (χ1v) is 7.33. The van der Waals surface area contributed by atoms with Gasteiger partial charge in [-0.3, -0.25) is 9.89 Å². The van der Waals surface area contributed by atoms with Crippen molar-refractivity contribution < 1.29 is 4.79 Å². The summed E-state index contributed by atoms with van der Waals surface area (Å²) in [5.41, 5.74) is 0.484. The Morgan fingerprint density at radius 2 is 2.33 bits per heavy atom. The number of H-pyrrole nitrogens is 1. The van der Waals surface area contributed by atoms with E-state index in [0.717, 1.165) is 5.82 Å². The number of halogens is 1. The molecule has 2 aromatic rings. The van der Waals surface area contributed by atoms with Crippen molar-refractivity contribution >= 4 is 29.7 Å². The largest absolute Gasteiger partial charge is 0.352 e. The molecule has 0 atom stereocenters. The molecule has 0 bridgehead atoms. The average Bonchev–Trinajstić information content (AvgIpc) is 2.80. The molecule has 0 unspecified atom stereocenters. The fourth-order valence-corrected chi connectivity index (χ4v) is 2.52. The fraction of sp³-hybridized carbons (Fsp3) is 0.385. The zero-order valence-electron chi connectivity index (χ0n) is 11.8. The fourth-order valence-electron chi connectivity index (χ4n) is 1.98. The highest BCUT2D eigenvalue weighted by molar-refractivity contribution is 7.71. The van der Waals surface area contributed by atoms with E-state index in [1.54, 1.807) is 6.07 Å². The van der Waals surface area contributed by atoms with E-state index < -0.39 is 0 Å². The molecule has 21 heavy (non-hydrogen) atoms. The van der Waals surface area contributed by atoms with Crippen molar-refractivity contribution in [3.05, 3.63) is 39.6 Å². The molecule has 0 fully saturated rings. The molecule has 0 radical (unpaired) electrons. The molecule has 0 saturated heterocycles. The molecule has 112 valence electrons. The number of aromatic amines is 1. The van der Waals surface area contributed by atoms with Gasteiger partial charge in [0, 0.05) is 30.8 Å². The molecule has 1 amide bonds. The van der Waals surface area contributed by atoms with Crippen LogP contribution in [-0.4, -0.2) is 32.2 Å². The maximum atomic E-state index is 12.0. The topological polar surface area (TPSA) is 75.6 Å². The third kappa shape index (κ3) is 3.89. The van der Waals surface area contributed by atoms with Gasteiger partial charge in [-0.25, -0.2) is 4.98 Å². The Morgan fingerprint density at radius 1 is 1.57 bits per heavy atom. The summed E-state index contributed by atoms with van der Waals surface area (Å²) in [6, 6.07) is 3.37. The van der Waals surface area contributed by atoms with Gasteiger partial charge in [-0.1, -0.05) is 11.6 Å². The second kappa shape index (κ2) is 6.82. The standard InChI is InChI=1S/C13H16ClN5OS/c1-8(2)19-11(17-18-13(19)21)4-6-16-12(20)9-3-5-15-10(14)7-9/h3,5,7-8H,4,6H2,1-2H3,(H,16,20)(H,18,21). The Morgan fingerprint density at radius 3 is 3.00 bits per heavy atom. The summed E-state index contributed by atoms with van der Waals surface area (Å²) in [5.74, 6) is 0.632. The van der Waals surface area contributed by atoms with Gasteiger partial charge in [-0.2, -0.15) is 5.10 Å². The smallest absolute Gasteiger partial charge is 0.251 e. The van der Waals surface area contributed by atoms with Crippen LogP contribution in [0.4, 0.5) is 0 Å². The second-order valence-corrected chi connectivity index (χ2v) is 5.56. The molecule has 0 aliphatic rings. The predicted molar refractivity (Wildman–Crippen MR) is 83.1 cm³/mol. The van der Waals surface area contributed by atoms with E-state index in [-0.39, 0.29) is 11.9 Å². The molecule has 2 aromatic heterocycles. The first-order valence-electron chi connectivity index (χ1n) is 6.54. The number of carbonyl (C=O) groups excluding carboxylic acids is 1. The molecule has 2 rings (SSSR count). The van der Waals surface area contributed by atoms with Gasteiger partial charge in [0.1, 0.15) is 11.0 Å². The molecule has 0 aliphatic carbocycles. The van der Waals surface area contributed by atoms with E-state index in [0.29, 0.717) is 28.5 Å². The highest BCUT2D eigenvalue weighted by atomic mass is 35.5. The minimum Gasteiger partial charge on any atom is -0.352 e. The number of aromatic nitrogens is 4. The number of amides is 1. The zero-order valence-corrected chi connectivity index (χ0v) is 13.3. The number of hydrogen-bond acceptors (Lipinski definition) is 4. The van der Waals surface area contributed by atoms with Crippen molar-refractivity contribution in [2.45, 2.75) is 26.3 Å². The van der Waals surface area contributed by atoms with Crippen LogP contribution in [0.25, 0.3) is 0 Å². The molecule has 8 heteroatoms. The van der Waals surface area contributed by atoms with Crippen molar-refractivity contribution in [1.82, 2.24) is 25.1 Å². The van der Waals surface area contributed by atoms with Crippen molar-refractivity contribution in [1.29, 1.82) is 0 Å². The summed E-state index contributed by atoms with van der Waals surface area (Å²) >= 11 is 10.9. The van der Waals surface area contributed by atoms with Crippen LogP contribution in [0.3, 0.4) is 0 Å². The van der Waals surface area contributed by atoms with Crippen LogP contribution in [0.5, 0.6) is 0 Å². The van der Waals surface area contributed by atoms with Crippen molar-refractivity contribution in [2.75, 3.05) is 6.54 Å². The van der Waals surface area contributed by atoms with Gasteiger partial charge in [0.2, 0.25) is 0 Å². The van der Waals surface area contributed by atoms with Crippen LogP contribution in [0, 0.1) is 4.77 Å². The van der Waals surface area contributed by atoms with Gasteiger partial charge >= 0.3 is 0 Å². The third-order valence-corrected chi connectivity index (χ3v) is 3.41. The van der Waals surface area contributed by atoms with Crippen LogP contribution in [-0.2, 0) is 6.42 Å². The number of nitrogens with zero attached hydrogens (tertiary/aromatic N) is 3. The minimum atomic E-state index is -0.190. The van der Waals surface area contributed by atoms with Crippen LogP contribution < -0.4 is 5.32 Å². The predicted octanol–water partition coefficient (Wildman–Crippen LogP) is 2.54. The molecule has 0 aromatic carbocycles. The summed E-state index contributed by atoms with van der Waals surface area (Å²) in [7, 11) is 0. The van der Waals surface area contributed by atoms with E-state index in [9.17, 15) is 4.79 Å². The molecule has 0 saturated carbocycles. The number of nitrogens with one attached hydrogen (secondary N) is 2. The van der Waals surface area contributed by atoms with E-state index in [4.69, 9.17) is 23.8 Å². The Labute approximate surface area is 132 Å². The molecular formula is C13H16ClN5OS. The Balaban J connectivity index is 1.96. The highest BCUT2D eigenvalue weighted by Gasteiger charge is 2.10. The van der Waals surface area contributed by atoms with Crippen molar-refractivity contribution in [3.8, 4) is 0 Å².